The third-order valence-corrected chi connectivity index (χ3v) is 3.05. The van der Waals surface area contributed by atoms with E-state index >= 15 is 0 Å². The van der Waals surface area contributed by atoms with Crippen molar-refractivity contribution in [2.45, 2.75) is 20.3 Å². The van der Waals surface area contributed by atoms with Crippen molar-refractivity contribution in [3.8, 4) is 11.5 Å². The summed E-state index contributed by atoms with van der Waals surface area (Å²) >= 11 is 0. The Morgan fingerprint density at radius 1 is 0.857 bits per heavy atom. The van der Waals surface area contributed by atoms with Gasteiger partial charge in [-0.05, 0) is 37.6 Å². The lowest BCUT2D eigenvalue weighted by atomic mass is 10.2. The normalized spacial score (nSPS) is 10.5. The second kappa shape index (κ2) is 7.07. The molecule has 4 heteroatoms. The molecule has 0 radical (unpaired) electrons. The average molecular weight is 292 g/mol. The summed E-state index contributed by atoms with van der Waals surface area (Å²) in [5.74, 6) is -0.294. The summed E-state index contributed by atoms with van der Waals surface area (Å²) in [6, 6.07) is 9.93. The largest absolute Gasteiger partial charge is 0.493 e. The van der Waals surface area contributed by atoms with E-state index in [0.29, 0.717) is 13.0 Å². The fraction of sp³-hybridized carbons (Fsp3) is 0.294. The third-order valence-electron chi connectivity index (χ3n) is 3.05. The van der Waals surface area contributed by atoms with Gasteiger partial charge in [0.2, 0.25) is 0 Å². The van der Waals surface area contributed by atoms with Gasteiger partial charge in [-0.3, -0.25) is 0 Å². The summed E-state index contributed by atoms with van der Waals surface area (Å²) in [6.07, 6.45) is 0.586. The van der Waals surface area contributed by atoms with Crippen molar-refractivity contribution < 1.29 is 18.3 Å². The summed E-state index contributed by atoms with van der Waals surface area (Å²) in [6.45, 7) is 4.24. The molecule has 0 atom stereocenters. The zero-order valence-corrected chi connectivity index (χ0v) is 12.2. The molecular formula is C17H18F2O2. The van der Waals surface area contributed by atoms with Crippen LogP contribution in [0.15, 0.2) is 36.4 Å². The minimum Gasteiger partial charge on any atom is -0.493 e. The van der Waals surface area contributed by atoms with Gasteiger partial charge < -0.3 is 9.47 Å². The molecule has 0 bridgehead atoms. The van der Waals surface area contributed by atoms with Crippen LogP contribution in [0.3, 0.4) is 0 Å². The van der Waals surface area contributed by atoms with Crippen molar-refractivity contribution in [2.75, 3.05) is 13.2 Å². The molecule has 0 N–H and O–H groups in total. The number of hydrogen-bond acceptors (Lipinski definition) is 2. The smallest absolute Gasteiger partial charge is 0.165 e. The Morgan fingerprint density at radius 2 is 1.52 bits per heavy atom. The Morgan fingerprint density at radius 3 is 2.24 bits per heavy atom. The van der Waals surface area contributed by atoms with Gasteiger partial charge in [0, 0.05) is 12.5 Å². The number of rotatable bonds is 6. The molecule has 0 aliphatic heterocycles. The molecule has 2 nitrogen and oxygen atoms in total. The molecular weight excluding hydrogens is 274 g/mol. The molecule has 0 saturated carbocycles. The van der Waals surface area contributed by atoms with Crippen LogP contribution in [-0.2, 0) is 0 Å². The highest BCUT2D eigenvalue weighted by atomic mass is 19.1. The molecule has 0 aromatic heterocycles. The van der Waals surface area contributed by atoms with E-state index in [0.717, 1.165) is 17.9 Å². The van der Waals surface area contributed by atoms with Crippen molar-refractivity contribution in [3.05, 3.63) is 59.2 Å². The summed E-state index contributed by atoms with van der Waals surface area (Å²) in [4.78, 5) is 0. The van der Waals surface area contributed by atoms with Crippen LogP contribution in [0, 0.1) is 25.5 Å². The van der Waals surface area contributed by atoms with Crippen LogP contribution >= 0.6 is 0 Å². The van der Waals surface area contributed by atoms with Gasteiger partial charge in [0.1, 0.15) is 11.6 Å². The van der Waals surface area contributed by atoms with Gasteiger partial charge in [0.15, 0.2) is 11.6 Å². The molecule has 0 aliphatic carbocycles. The highest BCUT2D eigenvalue weighted by Crippen LogP contribution is 2.21. The maximum absolute atomic E-state index is 13.5. The molecule has 2 rings (SSSR count). The fourth-order valence-electron chi connectivity index (χ4n) is 1.80. The first-order valence-corrected chi connectivity index (χ1v) is 6.84. The summed E-state index contributed by atoms with van der Waals surface area (Å²) < 4.78 is 37.6. The van der Waals surface area contributed by atoms with Gasteiger partial charge in [-0.1, -0.05) is 17.7 Å². The third kappa shape index (κ3) is 4.45. The molecule has 0 spiro atoms. The van der Waals surface area contributed by atoms with Gasteiger partial charge in [-0.2, -0.15) is 0 Å². The number of aryl methyl sites for hydroxylation is 2. The Bertz CT molecular complexity index is 594. The van der Waals surface area contributed by atoms with Crippen molar-refractivity contribution in [1.29, 1.82) is 0 Å². The first-order chi connectivity index (χ1) is 10.1. The first-order valence-electron chi connectivity index (χ1n) is 6.84. The molecule has 2 aromatic carbocycles. The van der Waals surface area contributed by atoms with Crippen molar-refractivity contribution in [1.82, 2.24) is 0 Å². The van der Waals surface area contributed by atoms with E-state index in [9.17, 15) is 8.78 Å². The van der Waals surface area contributed by atoms with E-state index in [4.69, 9.17) is 9.47 Å². The van der Waals surface area contributed by atoms with Crippen molar-refractivity contribution in [3.63, 3.8) is 0 Å². The Labute approximate surface area is 123 Å². The minimum atomic E-state index is -0.548. The maximum Gasteiger partial charge on any atom is 0.165 e. The Kier molecular flexibility index (Phi) is 5.14. The SMILES string of the molecule is Cc1ccc(OCCCOc2cc(F)c(C)cc2F)cc1. The van der Waals surface area contributed by atoms with Crippen molar-refractivity contribution in [2.24, 2.45) is 0 Å². The Balaban J connectivity index is 1.75. The van der Waals surface area contributed by atoms with E-state index in [2.05, 4.69) is 0 Å². The van der Waals surface area contributed by atoms with E-state index in [1.807, 2.05) is 31.2 Å². The number of halogens is 2. The van der Waals surface area contributed by atoms with Gasteiger partial charge >= 0.3 is 0 Å². The summed E-state index contributed by atoms with van der Waals surface area (Å²) in [7, 11) is 0. The molecule has 0 unspecified atom stereocenters. The zero-order chi connectivity index (χ0) is 15.2. The fourth-order valence-corrected chi connectivity index (χ4v) is 1.80. The predicted molar refractivity (Wildman–Crippen MR) is 77.9 cm³/mol. The lowest BCUT2D eigenvalue weighted by Gasteiger charge is -2.09. The van der Waals surface area contributed by atoms with E-state index in [1.54, 1.807) is 0 Å². The van der Waals surface area contributed by atoms with Crippen LogP contribution in [0.1, 0.15) is 17.5 Å². The van der Waals surface area contributed by atoms with Crippen LogP contribution in [0.4, 0.5) is 8.78 Å². The van der Waals surface area contributed by atoms with Crippen LogP contribution in [0.2, 0.25) is 0 Å². The lowest BCUT2D eigenvalue weighted by molar-refractivity contribution is 0.240. The predicted octanol–water partition coefficient (Wildman–Crippen LogP) is 4.43. The topological polar surface area (TPSA) is 18.5 Å². The standard InChI is InChI=1S/C17H18F2O2/c1-12-4-6-14(7-5-12)20-8-3-9-21-17-11-15(18)13(2)10-16(17)19/h4-7,10-11H,3,8-9H2,1-2H3. The summed E-state index contributed by atoms with van der Waals surface area (Å²) in [5.41, 5.74) is 1.44. The highest BCUT2D eigenvalue weighted by Gasteiger charge is 2.08. The first kappa shape index (κ1) is 15.3. The van der Waals surface area contributed by atoms with Crippen LogP contribution in [0.5, 0.6) is 11.5 Å². The molecule has 2 aromatic rings. The zero-order valence-electron chi connectivity index (χ0n) is 12.2. The van der Waals surface area contributed by atoms with Crippen molar-refractivity contribution >= 4 is 0 Å². The Hall–Kier alpha value is -2.10. The van der Waals surface area contributed by atoms with Gasteiger partial charge in [0.05, 0.1) is 13.2 Å². The van der Waals surface area contributed by atoms with Gasteiger partial charge in [-0.25, -0.2) is 8.78 Å². The number of ether oxygens (including phenoxy) is 2. The molecule has 0 aliphatic rings. The number of hydrogen-bond donors (Lipinski definition) is 0. The summed E-state index contributed by atoms with van der Waals surface area (Å²) in [5, 5.41) is 0. The number of benzene rings is 2. The molecule has 0 heterocycles. The van der Waals surface area contributed by atoms with E-state index < -0.39 is 11.6 Å². The van der Waals surface area contributed by atoms with E-state index in [-0.39, 0.29) is 17.9 Å². The highest BCUT2D eigenvalue weighted by molar-refractivity contribution is 5.30. The minimum absolute atomic E-state index is 0.0616. The monoisotopic (exact) mass is 292 g/mol. The van der Waals surface area contributed by atoms with E-state index in [1.165, 1.54) is 12.5 Å². The van der Waals surface area contributed by atoms with Gasteiger partial charge in [0.25, 0.3) is 0 Å². The quantitative estimate of drug-likeness (QED) is 0.733. The van der Waals surface area contributed by atoms with Crippen LogP contribution in [-0.4, -0.2) is 13.2 Å². The van der Waals surface area contributed by atoms with Crippen LogP contribution in [0.25, 0.3) is 0 Å². The second-order valence-electron chi connectivity index (χ2n) is 4.90. The molecule has 0 amide bonds. The molecule has 21 heavy (non-hydrogen) atoms. The average Bonchev–Trinajstić information content (AvgIpc) is 2.46. The van der Waals surface area contributed by atoms with Crippen LogP contribution < -0.4 is 9.47 Å². The molecule has 0 fully saturated rings. The molecule has 112 valence electrons. The lowest BCUT2D eigenvalue weighted by Crippen LogP contribution is -2.06. The maximum atomic E-state index is 13.5. The molecule has 0 saturated heterocycles. The van der Waals surface area contributed by atoms with Gasteiger partial charge in [-0.15, -0.1) is 0 Å². The second-order valence-corrected chi connectivity index (χ2v) is 4.90.